The van der Waals surface area contributed by atoms with Crippen molar-refractivity contribution in [2.24, 2.45) is 4.99 Å². The topological polar surface area (TPSA) is 42.6 Å². The van der Waals surface area contributed by atoms with E-state index >= 15 is 0 Å². The molecule has 88 valence electrons. The van der Waals surface area contributed by atoms with Gasteiger partial charge in [-0.05, 0) is 25.1 Å². The van der Waals surface area contributed by atoms with Gasteiger partial charge in [0.15, 0.2) is 0 Å². The molecule has 18 heavy (non-hydrogen) atoms. The number of hydrogen-bond acceptors (Lipinski definition) is 2. The molecule has 0 atom stereocenters. The summed E-state index contributed by atoms with van der Waals surface area (Å²) in [6, 6.07) is 13.1. The van der Waals surface area contributed by atoms with Gasteiger partial charge in [-0.3, -0.25) is 4.79 Å². The first-order valence-electron chi connectivity index (χ1n) is 5.74. The van der Waals surface area contributed by atoms with Gasteiger partial charge in [-0.2, -0.15) is 0 Å². The summed E-state index contributed by atoms with van der Waals surface area (Å²) >= 11 is 0. The maximum absolute atomic E-state index is 12.0. The maximum atomic E-state index is 12.0. The molecule has 2 aromatic carbocycles. The summed E-state index contributed by atoms with van der Waals surface area (Å²) < 4.78 is 5.72. The maximum Gasteiger partial charge on any atom is 0.277 e. The lowest BCUT2D eigenvalue weighted by molar-refractivity contribution is 0.100. The molecule has 3 nitrogen and oxygen atoms in total. The number of nitrogens with zero attached hydrogens (tertiary/aromatic N) is 1. The van der Waals surface area contributed by atoms with Gasteiger partial charge >= 0.3 is 0 Å². The average Bonchev–Trinajstić information content (AvgIpc) is 2.77. The zero-order chi connectivity index (χ0) is 12.5. The Kier molecular flexibility index (Phi) is 2.45. The quantitative estimate of drug-likeness (QED) is 0.604. The molecule has 0 aliphatic rings. The Labute approximate surface area is 104 Å². The molecule has 0 spiro atoms. The molecule has 0 N–H and O–H groups in total. The van der Waals surface area contributed by atoms with E-state index in [-0.39, 0.29) is 5.91 Å². The highest BCUT2D eigenvalue weighted by atomic mass is 16.3. The van der Waals surface area contributed by atoms with Crippen molar-refractivity contribution in [2.45, 2.75) is 6.92 Å². The Morgan fingerprint density at radius 3 is 2.72 bits per heavy atom. The number of aliphatic imine (C=N–C) groups is 1. The number of benzene rings is 2. The first-order valence-corrected chi connectivity index (χ1v) is 5.74. The standard InChI is InChI=1S/C15H11NO2/c1-2-16-15(17)11-7-5-9-13-14(11)10-6-3-4-8-12(10)18-13/h2-9H,1H3/b16-2+. The summed E-state index contributed by atoms with van der Waals surface area (Å²) in [7, 11) is 0. The van der Waals surface area contributed by atoms with Gasteiger partial charge in [-0.25, -0.2) is 4.99 Å². The fourth-order valence-corrected chi connectivity index (χ4v) is 2.14. The monoisotopic (exact) mass is 237 g/mol. The van der Waals surface area contributed by atoms with E-state index < -0.39 is 0 Å². The fourth-order valence-electron chi connectivity index (χ4n) is 2.14. The largest absolute Gasteiger partial charge is 0.456 e. The smallest absolute Gasteiger partial charge is 0.277 e. The van der Waals surface area contributed by atoms with Crippen molar-refractivity contribution >= 4 is 34.1 Å². The van der Waals surface area contributed by atoms with Crippen molar-refractivity contribution in [3.05, 3.63) is 48.0 Å². The van der Waals surface area contributed by atoms with Crippen molar-refractivity contribution in [1.82, 2.24) is 0 Å². The van der Waals surface area contributed by atoms with Crippen LogP contribution in [0.2, 0.25) is 0 Å². The van der Waals surface area contributed by atoms with Crippen LogP contribution in [0.4, 0.5) is 0 Å². The molecule has 3 rings (SSSR count). The van der Waals surface area contributed by atoms with Gasteiger partial charge in [0.05, 0.1) is 5.56 Å². The Morgan fingerprint density at radius 1 is 1.11 bits per heavy atom. The van der Waals surface area contributed by atoms with Crippen molar-refractivity contribution in [3.63, 3.8) is 0 Å². The van der Waals surface area contributed by atoms with Gasteiger partial charge in [0, 0.05) is 17.0 Å². The van der Waals surface area contributed by atoms with E-state index in [0.717, 1.165) is 16.4 Å². The molecule has 3 aromatic rings. The van der Waals surface area contributed by atoms with E-state index in [0.29, 0.717) is 11.1 Å². The number of hydrogen-bond donors (Lipinski definition) is 0. The van der Waals surface area contributed by atoms with Gasteiger partial charge in [0.25, 0.3) is 5.91 Å². The zero-order valence-electron chi connectivity index (χ0n) is 9.88. The van der Waals surface area contributed by atoms with E-state index in [2.05, 4.69) is 4.99 Å². The van der Waals surface area contributed by atoms with Crippen LogP contribution in [0.3, 0.4) is 0 Å². The van der Waals surface area contributed by atoms with Crippen LogP contribution < -0.4 is 0 Å². The van der Waals surface area contributed by atoms with Crippen LogP contribution in [0.25, 0.3) is 21.9 Å². The first kappa shape index (κ1) is 10.7. The molecule has 0 aliphatic heterocycles. The Hall–Kier alpha value is -2.42. The Balaban J connectivity index is 2.42. The first-order chi connectivity index (χ1) is 8.81. The third kappa shape index (κ3) is 1.52. The lowest BCUT2D eigenvalue weighted by Crippen LogP contribution is -1.95. The number of carbonyl (C=O) groups is 1. The van der Waals surface area contributed by atoms with E-state index in [1.807, 2.05) is 36.4 Å². The summed E-state index contributed by atoms with van der Waals surface area (Å²) in [5.74, 6) is -0.241. The van der Waals surface area contributed by atoms with Crippen LogP contribution in [0.1, 0.15) is 17.3 Å². The number of para-hydroxylation sites is 1. The molecule has 0 radical (unpaired) electrons. The predicted molar refractivity (Wildman–Crippen MR) is 72.2 cm³/mol. The molecule has 1 amide bonds. The predicted octanol–water partition coefficient (Wildman–Crippen LogP) is 3.82. The molecule has 0 aliphatic carbocycles. The fraction of sp³-hybridized carbons (Fsp3) is 0.0667. The highest BCUT2D eigenvalue weighted by Gasteiger charge is 2.14. The van der Waals surface area contributed by atoms with E-state index in [1.165, 1.54) is 6.21 Å². The van der Waals surface area contributed by atoms with Crippen LogP contribution in [-0.2, 0) is 0 Å². The van der Waals surface area contributed by atoms with Crippen molar-refractivity contribution in [3.8, 4) is 0 Å². The van der Waals surface area contributed by atoms with Crippen molar-refractivity contribution in [1.29, 1.82) is 0 Å². The SMILES string of the molecule is C/C=N/C(=O)c1cccc2oc3ccccc3c12. The van der Waals surface area contributed by atoms with E-state index in [1.54, 1.807) is 13.0 Å². The number of carbonyl (C=O) groups excluding carboxylic acids is 1. The van der Waals surface area contributed by atoms with Gasteiger partial charge in [-0.1, -0.05) is 24.3 Å². The van der Waals surface area contributed by atoms with Gasteiger partial charge in [0.2, 0.25) is 0 Å². The Morgan fingerprint density at radius 2 is 1.89 bits per heavy atom. The normalized spacial score (nSPS) is 11.6. The second-order valence-electron chi connectivity index (χ2n) is 3.97. The van der Waals surface area contributed by atoms with Gasteiger partial charge in [0.1, 0.15) is 11.2 Å². The molecule has 0 saturated carbocycles. The summed E-state index contributed by atoms with van der Waals surface area (Å²) in [4.78, 5) is 15.8. The third-order valence-electron chi connectivity index (χ3n) is 2.88. The minimum atomic E-state index is -0.241. The number of furan rings is 1. The number of fused-ring (bicyclic) bond motifs is 3. The molecule has 0 saturated heterocycles. The van der Waals surface area contributed by atoms with Crippen LogP contribution in [0, 0.1) is 0 Å². The van der Waals surface area contributed by atoms with Crippen LogP contribution in [0.5, 0.6) is 0 Å². The highest BCUT2D eigenvalue weighted by Crippen LogP contribution is 2.31. The lowest BCUT2D eigenvalue weighted by Gasteiger charge is -1.97. The second-order valence-corrected chi connectivity index (χ2v) is 3.97. The number of rotatable bonds is 1. The van der Waals surface area contributed by atoms with Crippen molar-refractivity contribution in [2.75, 3.05) is 0 Å². The summed E-state index contributed by atoms with van der Waals surface area (Å²) in [5.41, 5.74) is 2.08. The highest BCUT2D eigenvalue weighted by molar-refractivity contribution is 6.17. The lowest BCUT2D eigenvalue weighted by atomic mass is 10.1. The average molecular weight is 237 g/mol. The molecule has 3 heteroatoms. The van der Waals surface area contributed by atoms with Crippen LogP contribution in [-0.4, -0.2) is 12.1 Å². The second kappa shape index (κ2) is 4.11. The van der Waals surface area contributed by atoms with Crippen LogP contribution in [0.15, 0.2) is 51.9 Å². The van der Waals surface area contributed by atoms with Gasteiger partial charge < -0.3 is 4.42 Å². The molecule has 1 aromatic heterocycles. The van der Waals surface area contributed by atoms with Crippen LogP contribution >= 0.6 is 0 Å². The van der Waals surface area contributed by atoms with E-state index in [9.17, 15) is 4.79 Å². The van der Waals surface area contributed by atoms with E-state index in [4.69, 9.17) is 4.42 Å². The third-order valence-corrected chi connectivity index (χ3v) is 2.88. The molecule has 0 fully saturated rings. The van der Waals surface area contributed by atoms with Crippen molar-refractivity contribution < 1.29 is 9.21 Å². The molecule has 0 unspecified atom stereocenters. The molecular weight excluding hydrogens is 226 g/mol. The molecular formula is C15H11NO2. The molecule has 1 heterocycles. The zero-order valence-corrected chi connectivity index (χ0v) is 9.88. The molecule has 0 bridgehead atoms. The minimum absolute atomic E-state index is 0.241. The summed E-state index contributed by atoms with van der Waals surface area (Å²) in [6.45, 7) is 1.73. The van der Waals surface area contributed by atoms with Gasteiger partial charge in [-0.15, -0.1) is 0 Å². The summed E-state index contributed by atoms with van der Waals surface area (Å²) in [6.07, 6.45) is 1.50. The number of amides is 1. The summed E-state index contributed by atoms with van der Waals surface area (Å²) in [5, 5.41) is 1.78. The Bertz CT molecular complexity index is 768. The minimum Gasteiger partial charge on any atom is -0.456 e.